The van der Waals surface area contributed by atoms with E-state index in [4.69, 9.17) is 9.31 Å². The smallest absolute Gasteiger partial charge is 0.399 e. The molecule has 2 aromatic rings. The summed E-state index contributed by atoms with van der Waals surface area (Å²) in [6.45, 7) is 14.6. The predicted octanol–water partition coefficient (Wildman–Crippen LogP) is 4.24. The zero-order valence-corrected chi connectivity index (χ0v) is 23.8. The van der Waals surface area contributed by atoms with Gasteiger partial charge in [-0.2, -0.15) is 0 Å². The first-order valence-electron chi connectivity index (χ1n) is 12.6. The van der Waals surface area contributed by atoms with Gasteiger partial charge in [-0.1, -0.05) is 40.2 Å². The van der Waals surface area contributed by atoms with Crippen molar-refractivity contribution in [2.75, 3.05) is 13.1 Å². The highest BCUT2D eigenvalue weighted by Gasteiger charge is 2.51. The molecule has 3 heterocycles. The molecule has 192 valence electrons. The highest BCUT2D eigenvalue weighted by molar-refractivity contribution is 9.10. The van der Waals surface area contributed by atoms with Gasteiger partial charge in [0, 0.05) is 44.5 Å². The van der Waals surface area contributed by atoms with Crippen LogP contribution in [0.1, 0.15) is 63.8 Å². The van der Waals surface area contributed by atoms with Gasteiger partial charge in [0.15, 0.2) is 0 Å². The Balaban J connectivity index is 0.000000187. The second kappa shape index (κ2) is 10.3. The Morgan fingerprint density at radius 2 is 1.25 bits per heavy atom. The molecular weight excluding hydrogens is 519 g/mol. The van der Waals surface area contributed by atoms with Gasteiger partial charge in [0.25, 0.3) is 0 Å². The van der Waals surface area contributed by atoms with Gasteiger partial charge in [0.05, 0.1) is 11.2 Å². The molecule has 36 heavy (non-hydrogen) atoms. The maximum atomic E-state index is 11.6. The number of fused-ring (bicyclic) bond motifs is 2. The van der Waals surface area contributed by atoms with Crippen molar-refractivity contribution in [3.8, 4) is 0 Å². The minimum Gasteiger partial charge on any atom is -0.399 e. The summed E-state index contributed by atoms with van der Waals surface area (Å²) in [7, 11) is -0.344. The number of hydrogen-bond acceptors (Lipinski definition) is 4. The molecule has 0 saturated carbocycles. The fourth-order valence-electron chi connectivity index (χ4n) is 4.77. The molecule has 2 amide bonds. The van der Waals surface area contributed by atoms with Crippen molar-refractivity contribution in [2.24, 2.45) is 0 Å². The topological polar surface area (TPSA) is 59.1 Å². The molecule has 1 fully saturated rings. The summed E-state index contributed by atoms with van der Waals surface area (Å²) in [4.78, 5) is 26.6. The first kappa shape index (κ1) is 26.9. The van der Waals surface area contributed by atoms with Gasteiger partial charge in [0.1, 0.15) is 0 Å². The summed E-state index contributed by atoms with van der Waals surface area (Å²) in [6, 6.07) is 12.7. The first-order valence-corrected chi connectivity index (χ1v) is 13.4. The summed E-state index contributed by atoms with van der Waals surface area (Å²) in [5.74, 6) is 0.294. The molecule has 6 nitrogen and oxygen atoms in total. The third-order valence-electron chi connectivity index (χ3n) is 7.84. The standard InChI is InChI=1S/C17H24BNO3.C11H12BrNO/c1-12(20)19-9-8-13-6-7-15(10-14(13)11-19)18-21-16(2,3)17(4,5)22-18;1-8(14)13-5-4-9-2-3-11(12)6-10(9)7-13/h6-7,10H,8-9,11H2,1-5H3;2-3,6H,4-5,7H2,1H3. The van der Waals surface area contributed by atoms with Gasteiger partial charge in [-0.15, -0.1) is 0 Å². The van der Waals surface area contributed by atoms with E-state index in [-0.39, 0.29) is 30.1 Å². The van der Waals surface area contributed by atoms with Crippen molar-refractivity contribution >= 4 is 40.3 Å². The SMILES string of the molecule is CC(=O)N1CCc2ccc(B3OC(C)(C)C(C)(C)O3)cc2C1.CC(=O)N1CCc2ccc(Br)cc2C1. The highest BCUT2D eigenvalue weighted by Crippen LogP contribution is 2.36. The third-order valence-corrected chi connectivity index (χ3v) is 8.33. The summed E-state index contributed by atoms with van der Waals surface area (Å²) in [6.07, 6.45) is 1.89. The summed E-state index contributed by atoms with van der Waals surface area (Å²) in [5.41, 5.74) is 5.51. The van der Waals surface area contributed by atoms with E-state index in [1.807, 2.05) is 9.80 Å². The Kier molecular flexibility index (Phi) is 7.70. The normalized spacial score (nSPS) is 19.7. The van der Waals surface area contributed by atoms with Crippen LogP contribution in [0.5, 0.6) is 0 Å². The minimum atomic E-state index is -0.344. The number of halogens is 1. The molecule has 0 spiro atoms. The molecule has 0 atom stereocenters. The molecule has 0 bridgehead atoms. The average molecular weight is 555 g/mol. The van der Waals surface area contributed by atoms with Crippen molar-refractivity contribution in [3.05, 3.63) is 63.1 Å². The molecule has 0 aromatic heterocycles. The Morgan fingerprint density at radius 3 is 1.75 bits per heavy atom. The van der Waals surface area contributed by atoms with Gasteiger partial charge in [0.2, 0.25) is 11.8 Å². The van der Waals surface area contributed by atoms with E-state index in [0.717, 1.165) is 42.4 Å². The van der Waals surface area contributed by atoms with Crippen molar-refractivity contribution < 1.29 is 18.9 Å². The van der Waals surface area contributed by atoms with Crippen LogP contribution in [0.15, 0.2) is 40.9 Å². The largest absolute Gasteiger partial charge is 0.494 e. The molecule has 0 N–H and O–H groups in total. The van der Waals surface area contributed by atoms with E-state index in [1.54, 1.807) is 13.8 Å². The quantitative estimate of drug-likeness (QED) is 0.495. The Hall–Kier alpha value is -2.16. The summed E-state index contributed by atoms with van der Waals surface area (Å²) in [5, 5.41) is 0. The van der Waals surface area contributed by atoms with Crippen LogP contribution in [0.25, 0.3) is 0 Å². The molecule has 0 aliphatic carbocycles. The van der Waals surface area contributed by atoms with E-state index in [0.29, 0.717) is 6.54 Å². The molecule has 1 saturated heterocycles. The molecule has 8 heteroatoms. The number of amides is 2. The van der Waals surface area contributed by atoms with Crippen molar-refractivity contribution in [2.45, 2.75) is 78.7 Å². The molecule has 2 aromatic carbocycles. The predicted molar refractivity (Wildman–Crippen MR) is 146 cm³/mol. The van der Waals surface area contributed by atoms with Crippen LogP contribution >= 0.6 is 15.9 Å². The summed E-state index contributed by atoms with van der Waals surface area (Å²) < 4.78 is 13.3. The van der Waals surface area contributed by atoms with Crippen LogP contribution in [0, 0.1) is 0 Å². The second-order valence-corrected chi connectivity index (χ2v) is 11.8. The van der Waals surface area contributed by atoms with E-state index in [2.05, 4.69) is 80.0 Å². The van der Waals surface area contributed by atoms with Gasteiger partial charge >= 0.3 is 7.12 Å². The molecule has 3 aliphatic rings. The van der Waals surface area contributed by atoms with Crippen LogP contribution in [-0.4, -0.2) is 53.0 Å². The number of hydrogen-bond donors (Lipinski definition) is 0. The van der Waals surface area contributed by atoms with E-state index in [1.165, 1.54) is 22.3 Å². The van der Waals surface area contributed by atoms with Crippen LogP contribution in [0.4, 0.5) is 0 Å². The zero-order chi connectivity index (χ0) is 26.3. The monoisotopic (exact) mass is 554 g/mol. The third kappa shape index (κ3) is 5.71. The number of rotatable bonds is 1. The lowest BCUT2D eigenvalue weighted by Crippen LogP contribution is -2.41. The Labute approximate surface area is 223 Å². The maximum absolute atomic E-state index is 11.6. The lowest BCUT2D eigenvalue weighted by Gasteiger charge is -2.32. The van der Waals surface area contributed by atoms with Gasteiger partial charge in [-0.05, 0) is 80.4 Å². The van der Waals surface area contributed by atoms with Crippen molar-refractivity contribution in [1.82, 2.24) is 9.80 Å². The molecule has 0 radical (unpaired) electrons. The van der Waals surface area contributed by atoms with Crippen molar-refractivity contribution in [3.63, 3.8) is 0 Å². The van der Waals surface area contributed by atoms with Crippen LogP contribution in [-0.2, 0) is 44.8 Å². The number of carbonyl (C=O) groups excluding carboxylic acids is 2. The minimum absolute atomic E-state index is 0.131. The number of nitrogens with zero attached hydrogens (tertiary/aromatic N) is 2. The zero-order valence-electron chi connectivity index (χ0n) is 22.2. The van der Waals surface area contributed by atoms with E-state index < -0.39 is 0 Å². The molecule has 5 rings (SSSR count). The van der Waals surface area contributed by atoms with Gasteiger partial charge in [-0.25, -0.2) is 0 Å². The maximum Gasteiger partial charge on any atom is 0.494 e. The van der Waals surface area contributed by atoms with Crippen LogP contribution in [0.2, 0.25) is 0 Å². The fourth-order valence-corrected chi connectivity index (χ4v) is 5.17. The van der Waals surface area contributed by atoms with Gasteiger partial charge < -0.3 is 19.1 Å². The average Bonchev–Trinajstić information content (AvgIpc) is 3.04. The fraction of sp³-hybridized carbons (Fsp3) is 0.500. The number of benzene rings is 2. The number of carbonyl (C=O) groups is 2. The highest BCUT2D eigenvalue weighted by atomic mass is 79.9. The molecular formula is C28H36BBrN2O4. The van der Waals surface area contributed by atoms with Gasteiger partial charge in [-0.3, -0.25) is 9.59 Å². The molecule has 3 aliphatic heterocycles. The molecule has 0 unspecified atom stereocenters. The first-order chi connectivity index (χ1) is 16.9. The summed E-state index contributed by atoms with van der Waals surface area (Å²) >= 11 is 3.44. The second-order valence-electron chi connectivity index (χ2n) is 10.9. The lowest BCUT2D eigenvalue weighted by molar-refractivity contribution is -0.130. The Bertz CT molecular complexity index is 1150. The Morgan fingerprint density at radius 1 is 0.778 bits per heavy atom. The van der Waals surface area contributed by atoms with Crippen LogP contribution in [0.3, 0.4) is 0 Å². The van der Waals surface area contributed by atoms with Crippen LogP contribution < -0.4 is 5.46 Å². The lowest BCUT2D eigenvalue weighted by atomic mass is 9.77. The van der Waals surface area contributed by atoms with E-state index >= 15 is 0 Å². The van der Waals surface area contributed by atoms with E-state index in [9.17, 15) is 9.59 Å². The van der Waals surface area contributed by atoms with Crippen molar-refractivity contribution in [1.29, 1.82) is 0 Å².